The Morgan fingerprint density at radius 2 is 1.70 bits per heavy atom. The number of aryl methyl sites for hydroxylation is 1. The second-order valence-corrected chi connectivity index (χ2v) is 10.0. The zero-order valence-corrected chi connectivity index (χ0v) is 23.5. The van der Waals surface area contributed by atoms with Crippen LogP contribution in [0, 0.1) is 12.7 Å². The highest BCUT2D eigenvalue weighted by molar-refractivity contribution is 5.96. The van der Waals surface area contributed by atoms with Crippen LogP contribution in [-0.4, -0.2) is 80.0 Å². The number of benzene rings is 2. The van der Waals surface area contributed by atoms with Crippen molar-refractivity contribution in [2.75, 3.05) is 53.5 Å². The van der Waals surface area contributed by atoms with Gasteiger partial charge in [0.2, 0.25) is 5.91 Å². The second kappa shape index (κ2) is 14.0. The molecule has 1 aliphatic heterocycles. The third-order valence-corrected chi connectivity index (χ3v) is 7.22. The number of rotatable bonds is 13. The van der Waals surface area contributed by atoms with Crippen LogP contribution >= 0.6 is 0 Å². The maximum Gasteiger partial charge on any atom is 0.257 e. The fraction of sp³-hybridized carbons (Fsp3) is 0.419. The molecule has 2 aromatic carbocycles. The van der Waals surface area contributed by atoms with Gasteiger partial charge in [0.25, 0.3) is 5.91 Å². The van der Waals surface area contributed by atoms with Crippen LogP contribution in [0.5, 0.6) is 11.5 Å². The minimum Gasteiger partial charge on any atom is -0.493 e. The first-order chi connectivity index (χ1) is 19.4. The first-order valence-electron chi connectivity index (χ1n) is 13.7. The van der Waals surface area contributed by atoms with Gasteiger partial charge in [-0.2, -0.15) is 0 Å². The molecule has 0 saturated carbocycles. The van der Waals surface area contributed by atoms with Crippen molar-refractivity contribution < 1.29 is 27.9 Å². The van der Waals surface area contributed by atoms with Crippen LogP contribution in [-0.2, 0) is 17.8 Å². The normalized spacial score (nSPS) is 13.3. The molecule has 0 aliphatic carbocycles. The van der Waals surface area contributed by atoms with E-state index in [1.807, 2.05) is 37.3 Å². The van der Waals surface area contributed by atoms with Crippen LogP contribution in [0.1, 0.15) is 40.3 Å². The van der Waals surface area contributed by atoms with Crippen molar-refractivity contribution >= 4 is 11.8 Å². The van der Waals surface area contributed by atoms with Crippen LogP contribution in [0.3, 0.4) is 0 Å². The summed E-state index contributed by atoms with van der Waals surface area (Å²) in [7, 11) is 3.17. The van der Waals surface area contributed by atoms with E-state index in [0.29, 0.717) is 43.3 Å². The lowest BCUT2D eigenvalue weighted by atomic mass is 10.1. The summed E-state index contributed by atoms with van der Waals surface area (Å²) in [6.45, 7) is 5.24. The van der Waals surface area contributed by atoms with Crippen LogP contribution in [0.15, 0.2) is 59.0 Å². The van der Waals surface area contributed by atoms with Gasteiger partial charge in [-0.25, -0.2) is 4.39 Å². The summed E-state index contributed by atoms with van der Waals surface area (Å²) >= 11 is 0. The molecule has 0 unspecified atom stereocenters. The Morgan fingerprint density at radius 3 is 2.38 bits per heavy atom. The zero-order valence-electron chi connectivity index (χ0n) is 23.5. The number of methoxy groups -OCH3 is 2. The minimum atomic E-state index is -0.595. The molecular weight excluding hydrogens is 513 g/mol. The molecule has 1 aliphatic rings. The van der Waals surface area contributed by atoms with Crippen molar-refractivity contribution in [3.63, 3.8) is 0 Å². The van der Waals surface area contributed by atoms with E-state index < -0.39 is 11.7 Å². The maximum absolute atomic E-state index is 14.6. The van der Waals surface area contributed by atoms with Gasteiger partial charge in [-0.15, -0.1) is 0 Å². The molecule has 40 heavy (non-hydrogen) atoms. The van der Waals surface area contributed by atoms with Crippen molar-refractivity contribution in [3.05, 3.63) is 83.1 Å². The van der Waals surface area contributed by atoms with Gasteiger partial charge < -0.3 is 28.6 Å². The molecule has 1 fully saturated rings. The summed E-state index contributed by atoms with van der Waals surface area (Å²) < 4.78 is 31.1. The number of amides is 2. The van der Waals surface area contributed by atoms with Gasteiger partial charge in [0.1, 0.15) is 23.9 Å². The van der Waals surface area contributed by atoms with Crippen LogP contribution in [0.25, 0.3) is 0 Å². The Hall–Kier alpha value is -3.85. The number of halogens is 1. The molecule has 8 nitrogen and oxygen atoms in total. The lowest BCUT2D eigenvalue weighted by Crippen LogP contribution is -2.46. The molecule has 2 amide bonds. The highest BCUT2D eigenvalue weighted by Gasteiger charge is 2.26. The lowest BCUT2D eigenvalue weighted by molar-refractivity contribution is -0.132. The number of carbonyl (C=O) groups is 2. The van der Waals surface area contributed by atoms with Gasteiger partial charge in [-0.1, -0.05) is 18.2 Å². The van der Waals surface area contributed by atoms with Crippen molar-refractivity contribution in [1.29, 1.82) is 0 Å². The molecular formula is C31H38FN3O5. The van der Waals surface area contributed by atoms with E-state index in [9.17, 15) is 14.0 Å². The average molecular weight is 552 g/mol. The summed E-state index contributed by atoms with van der Waals surface area (Å²) in [5.74, 6) is 1.34. The van der Waals surface area contributed by atoms with E-state index in [0.717, 1.165) is 37.3 Å². The number of ether oxygens (including phenoxy) is 2. The molecule has 4 rings (SSSR count). The molecule has 0 bridgehead atoms. The van der Waals surface area contributed by atoms with Crippen molar-refractivity contribution in [2.24, 2.45) is 0 Å². The van der Waals surface area contributed by atoms with E-state index in [1.54, 1.807) is 31.3 Å². The van der Waals surface area contributed by atoms with Crippen LogP contribution in [0.2, 0.25) is 0 Å². The molecule has 9 heteroatoms. The Morgan fingerprint density at radius 1 is 0.950 bits per heavy atom. The number of furan rings is 1. The lowest BCUT2D eigenvalue weighted by Gasteiger charge is -2.29. The van der Waals surface area contributed by atoms with Crippen molar-refractivity contribution in [3.8, 4) is 11.5 Å². The highest BCUT2D eigenvalue weighted by Crippen LogP contribution is 2.28. The SMILES string of the molecule is COc1ccc(CCN(Cc2ccc(C)o2)C(=O)CN(CCN2CCCC2)C(=O)c2ccccc2F)cc1OC. The third-order valence-electron chi connectivity index (χ3n) is 7.22. The quantitative estimate of drug-likeness (QED) is 0.310. The van der Waals surface area contributed by atoms with Gasteiger partial charge in [-0.05, 0) is 81.2 Å². The first-order valence-corrected chi connectivity index (χ1v) is 13.7. The Kier molecular flexibility index (Phi) is 10.2. The molecule has 0 radical (unpaired) electrons. The van der Waals surface area contributed by atoms with Crippen molar-refractivity contribution in [1.82, 2.24) is 14.7 Å². The van der Waals surface area contributed by atoms with E-state index in [2.05, 4.69) is 4.90 Å². The maximum atomic E-state index is 14.6. The second-order valence-electron chi connectivity index (χ2n) is 10.0. The standard InChI is InChI=1S/C31H38FN3O5/c1-23-10-12-25(40-23)21-34(17-14-24-11-13-28(38-2)29(20-24)39-3)30(36)22-35(19-18-33-15-6-7-16-33)31(37)26-8-4-5-9-27(26)32/h4-5,8-13,20H,6-7,14-19,21-22H2,1-3H3. The van der Waals surface area contributed by atoms with Gasteiger partial charge >= 0.3 is 0 Å². The first kappa shape index (κ1) is 29.1. The van der Waals surface area contributed by atoms with E-state index in [-0.39, 0.29) is 24.6 Å². The molecule has 1 saturated heterocycles. The van der Waals surface area contributed by atoms with Crippen LogP contribution < -0.4 is 9.47 Å². The molecule has 0 spiro atoms. The van der Waals surface area contributed by atoms with E-state index in [4.69, 9.17) is 13.9 Å². The summed E-state index contributed by atoms with van der Waals surface area (Å²) in [4.78, 5) is 32.6. The fourth-order valence-corrected chi connectivity index (χ4v) is 4.94. The Balaban J connectivity index is 1.53. The molecule has 0 N–H and O–H groups in total. The summed E-state index contributed by atoms with van der Waals surface area (Å²) in [5.41, 5.74) is 0.939. The molecule has 2 heterocycles. The van der Waals surface area contributed by atoms with E-state index >= 15 is 0 Å². The predicted molar refractivity (Wildman–Crippen MR) is 150 cm³/mol. The molecule has 214 valence electrons. The van der Waals surface area contributed by atoms with Gasteiger partial charge in [0, 0.05) is 19.6 Å². The summed E-state index contributed by atoms with van der Waals surface area (Å²) in [6.07, 6.45) is 2.79. The molecule has 1 aromatic heterocycles. The van der Waals surface area contributed by atoms with Gasteiger partial charge in [-0.3, -0.25) is 9.59 Å². The van der Waals surface area contributed by atoms with Crippen LogP contribution in [0.4, 0.5) is 4.39 Å². The third kappa shape index (κ3) is 7.63. The molecule has 3 aromatic rings. The number of nitrogens with zero attached hydrogens (tertiary/aromatic N) is 3. The molecule has 0 atom stereocenters. The van der Waals surface area contributed by atoms with Gasteiger partial charge in [0.15, 0.2) is 11.5 Å². The Labute approximate surface area is 235 Å². The Bertz CT molecular complexity index is 1290. The smallest absolute Gasteiger partial charge is 0.257 e. The van der Waals surface area contributed by atoms with Crippen molar-refractivity contribution in [2.45, 2.75) is 32.7 Å². The van der Waals surface area contributed by atoms with Gasteiger partial charge in [0.05, 0.1) is 26.3 Å². The number of likely N-dealkylation sites (tertiary alicyclic amines) is 1. The predicted octanol–water partition coefficient (Wildman–Crippen LogP) is 4.55. The highest BCUT2D eigenvalue weighted by atomic mass is 19.1. The number of hydrogen-bond donors (Lipinski definition) is 0. The van der Waals surface area contributed by atoms with E-state index in [1.165, 1.54) is 17.0 Å². The minimum absolute atomic E-state index is 0.0322. The monoisotopic (exact) mass is 551 g/mol. The summed E-state index contributed by atoms with van der Waals surface area (Å²) in [5, 5.41) is 0. The zero-order chi connectivity index (χ0) is 28.5. The topological polar surface area (TPSA) is 75.5 Å². The fourth-order valence-electron chi connectivity index (χ4n) is 4.94. The largest absolute Gasteiger partial charge is 0.493 e. The number of carbonyl (C=O) groups excluding carboxylic acids is 2. The summed E-state index contributed by atoms with van der Waals surface area (Å²) in [6, 6.07) is 15.3. The number of hydrogen-bond acceptors (Lipinski definition) is 6. The average Bonchev–Trinajstić information content (AvgIpc) is 3.64.